The maximum atomic E-state index is 13.9. The zero-order valence-corrected chi connectivity index (χ0v) is 20.7. The number of piperidine rings is 1. The molecule has 1 aromatic carbocycles. The van der Waals surface area contributed by atoms with Crippen molar-refractivity contribution in [2.75, 3.05) is 18.0 Å². The molecule has 4 heterocycles. The van der Waals surface area contributed by atoms with Crippen LogP contribution in [0.5, 0.6) is 0 Å². The first-order chi connectivity index (χ1) is 16.3. The van der Waals surface area contributed by atoms with E-state index in [9.17, 15) is 8.78 Å². The van der Waals surface area contributed by atoms with Crippen molar-refractivity contribution in [2.24, 2.45) is 18.2 Å². The van der Waals surface area contributed by atoms with E-state index >= 15 is 0 Å². The zero-order valence-electron chi connectivity index (χ0n) is 19.9. The van der Waals surface area contributed by atoms with E-state index in [2.05, 4.69) is 15.1 Å². The molecule has 1 fully saturated rings. The van der Waals surface area contributed by atoms with Crippen LogP contribution in [0, 0.1) is 30.9 Å². The van der Waals surface area contributed by atoms with Gasteiger partial charge in [-0.15, -0.1) is 12.4 Å². The second kappa shape index (κ2) is 8.27. The number of halogens is 3. The third-order valence-electron chi connectivity index (χ3n) is 7.97. The van der Waals surface area contributed by atoms with Crippen LogP contribution in [-0.4, -0.2) is 37.5 Å². The number of nitrogens with zero attached hydrogens (tertiary/aromatic N) is 6. The zero-order chi connectivity index (χ0) is 23.8. The second-order valence-electron chi connectivity index (χ2n) is 9.73. The van der Waals surface area contributed by atoms with Crippen molar-refractivity contribution in [2.45, 2.75) is 39.2 Å². The Morgan fingerprint density at radius 3 is 2.49 bits per heavy atom. The highest BCUT2D eigenvalue weighted by molar-refractivity contribution is 5.85. The van der Waals surface area contributed by atoms with Crippen LogP contribution in [0.1, 0.15) is 41.4 Å². The van der Waals surface area contributed by atoms with Gasteiger partial charge in [-0.1, -0.05) is 0 Å². The highest BCUT2D eigenvalue weighted by Crippen LogP contribution is 2.51. The molecule has 10 heteroatoms. The van der Waals surface area contributed by atoms with Crippen LogP contribution in [0.4, 0.5) is 14.6 Å². The summed E-state index contributed by atoms with van der Waals surface area (Å²) >= 11 is 0. The van der Waals surface area contributed by atoms with Crippen LogP contribution in [-0.2, 0) is 13.5 Å². The average Bonchev–Trinajstić information content (AvgIpc) is 3.49. The molecule has 35 heavy (non-hydrogen) atoms. The molecule has 0 bridgehead atoms. The lowest BCUT2D eigenvalue weighted by Gasteiger charge is -2.42. The van der Waals surface area contributed by atoms with Gasteiger partial charge in [0.25, 0.3) is 0 Å². The minimum atomic E-state index is -0.824. The van der Waals surface area contributed by atoms with E-state index in [0.29, 0.717) is 6.42 Å². The predicted octanol–water partition coefficient (Wildman–Crippen LogP) is 4.29. The maximum Gasteiger partial charge on any atom is 0.159 e. The topological polar surface area (TPSA) is 77.3 Å². The number of nitrogens with two attached hydrogens (primary N) is 1. The molecule has 1 saturated heterocycles. The first-order valence-corrected chi connectivity index (χ1v) is 11.6. The van der Waals surface area contributed by atoms with E-state index in [4.69, 9.17) is 10.7 Å². The van der Waals surface area contributed by atoms with Crippen molar-refractivity contribution in [1.82, 2.24) is 24.4 Å². The molecular formula is C25H28ClF2N7. The number of benzene rings is 1. The SMILES string of the molecule is Cc1nc(N2CCC3(CC2)Cc2cc(F)c(F)cc2[C@H]3N)c2ccnn2c1-c1cnn(C)c1C.Cl. The molecule has 0 radical (unpaired) electrons. The van der Waals surface area contributed by atoms with Crippen molar-refractivity contribution < 1.29 is 8.78 Å². The van der Waals surface area contributed by atoms with Gasteiger partial charge in [0.05, 0.1) is 23.8 Å². The van der Waals surface area contributed by atoms with Gasteiger partial charge in [0.15, 0.2) is 17.5 Å². The molecule has 0 amide bonds. The first kappa shape index (κ1) is 23.7. The quantitative estimate of drug-likeness (QED) is 0.445. The third-order valence-corrected chi connectivity index (χ3v) is 7.97. The van der Waals surface area contributed by atoms with Gasteiger partial charge in [0.1, 0.15) is 5.52 Å². The normalized spacial score (nSPS) is 18.8. The van der Waals surface area contributed by atoms with Crippen LogP contribution in [0.15, 0.2) is 30.6 Å². The van der Waals surface area contributed by atoms with Gasteiger partial charge in [-0.05, 0) is 67.9 Å². The number of aryl methyl sites for hydroxylation is 2. The number of rotatable bonds is 2. The summed E-state index contributed by atoms with van der Waals surface area (Å²) in [5, 5.41) is 9.00. The van der Waals surface area contributed by atoms with Crippen LogP contribution in [0.25, 0.3) is 16.8 Å². The van der Waals surface area contributed by atoms with Crippen LogP contribution < -0.4 is 10.6 Å². The summed E-state index contributed by atoms with van der Waals surface area (Å²) in [6.07, 6.45) is 6.00. The highest BCUT2D eigenvalue weighted by atomic mass is 35.5. The van der Waals surface area contributed by atoms with Gasteiger partial charge in [-0.2, -0.15) is 10.2 Å². The van der Waals surface area contributed by atoms with E-state index in [1.165, 1.54) is 12.1 Å². The standard InChI is InChI=1S/C25H27F2N7.ClH/c1-14-22(18-13-30-32(3)15(18)2)34-21(4-7-29-34)24(31-14)33-8-5-25(6-9-33)12-16-10-19(26)20(27)11-17(16)23(25)28;/h4,7,10-11,13,23H,5-6,8-9,12,28H2,1-3H3;1H/t23-;/m1./s1. The molecule has 6 rings (SSSR count). The summed E-state index contributed by atoms with van der Waals surface area (Å²) in [4.78, 5) is 7.30. The monoisotopic (exact) mass is 499 g/mol. The lowest BCUT2D eigenvalue weighted by atomic mass is 9.73. The molecule has 0 unspecified atom stereocenters. The van der Waals surface area contributed by atoms with Crippen LogP contribution in [0.2, 0.25) is 0 Å². The molecule has 7 nitrogen and oxygen atoms in total. The largest absolute Gasteiger partial charge is 0.355 e. The molecular weight excluding hydrogens is 472 g/mol. The number of fused-ring (bicyclic) bond motifs is 2. The fourth-order valence-corrected chi connectivity index (χ4v) is 5.86. The fourth-order valence-electron chi connectivity index (χ4n) is 5.86. The second-order valence-corrected chi connectivity index (χ2v) is 9.73. The summed E-state index contributed by atoms with van der Waals surface area (Å²) in [5.41, 5.74) is 12.9. The van der Waals surface area contributed by atoms with E-state index < -0.39 is 11.6 Å². The maximum absolute atomic E-state index is 13.9. The highest BCUT2D eigenvalue weighted by Gasteiger charge is 2.46. The van der Waals surface area contributed by atoms with Crippen molar-refractivity contribution >= 4 is 23.7 Å². The van der Waals surface area contributed by atoms with Gasteiger partial charge >= 0.3 is 0 Å². The van der Waals surface area contributed by atoms with Crippen molar-refractivity contribution in [3.63, 3.8) is 0 Å². The van der Waals surface area contributed by atoms with E-state index in [1.807, 2.05) is 42.4 Å². The molecule has 1 atom stereocenters. The Labute approximate surface area is 208 Å². The Balaban J connectivity index is 0.00000253. The third kappa shape index (κ3) is 3.43. The Morgan fingerprint density at radius 2 is 1.80 bits per heavy atom. The molecule has 2 aliphatic rings. The Morgan fingerprint density at radius 1 is 1.09 bits per heavy atom. The summed E-state index contributed by atoms with van der Waals surface area (Å²) in [6.45, 7) is 5.58. The summed E-state index contributed by atoms with van der Waals surface area (Å²) in [7, 11) is 1.93. The molecule has 3 aromatic heterocycles. The van der Waals surface area contributed by atoms with E-state index in [-0.39, 0.29) is 23.9 Å². The van der Waals surface area contributed by atoms with Gasteiger partial charge in [0.2, 0.25) is 0 Å². The molecule has 2 N–H and O–H groups in total. The van der Waals surface area contributed by atoms with E-state index in [0.717, 1.165) is 71.0 Å². The number of hydrogen-bond acceptors (Lipinski definition) is 5. The van der Waals surface area contributed by atoms with Gasteiger partial charge < -0.3 is 10.6 Å². The minimum absolute atomic E-state index is 0. The molecule has 184 valence electrons. The van der Waals surface area contributed by atoms with Crippen molar-refractivity contribution in [3.05, 3.63) is 64.7 Å². The van der Waals surface area contributed by atoms with E-state index in [1.54, 1.807) is 6.20 Å². The lowest BCUT2D eigenvalue weighted by molar-refractivity contribution is 0.187. The van der Waals surface area contributed by atoms with Crippen LogP contribution in [0.3, 0.4) is 0 Å². The predicted molar refractivity (Wildman–Crippen MR) is 133 cm³/mol. The fraction of sp³-hybridized carbons (Fsp3) is 0.400. The average molecular weight is 500 g/mol. The van der Waals surface area contributed by atoms with Gasteiger partial charge in [-0.25, -0.2) is 18.3 Å². The molecule has 1 spiro atoms. The first-order valence-electron chi connectivity index (χ1n) is 11.6. The molecule has 1 aliphatic heterocycles. The van der Waals surface area contributed by atoms with Crippen LogP contribution >= 0.6 is 12.4 Å². The lowest BCUT2D eigenvalue weighted by Crippen LogP contribution is -2.44. The Bertz CT molecular complexity index is 1440. The number of anilines is 1. The number of hydrogen-bond donors (Lipinski definition) is 1. The molecule has 4 aromatic rings. The molecule has 0 saturated carbocycles. The Hall–Kier alpha value is -3.04. The summed E-state index contributed by atoms with van der Waals surface area (Å²) in [6, 6.07) is 4.31. The van der Waals surface area contributed by atoms with Gasteiger partial charge in [0, 0.05) is 37.4 Å². The Kier molecular flexibility index (Phi) is 5.60. The number of aromatic nitrogens is 5. The summed E-state index contributed by atoms with van der Waals surface area (Å²) in [5.74, 6) is -0.723. The van der Waals surface area contributed by atoms with Crippen molar-refractivity contribution in [3.8, 4) is 11.3 Å². The van der Waals surface area contributed by atoms with Gasteiger partial charge in [-0.3, -0.25) is 4.68 Å². The minimum Gasteiger partial charge on any atom is -0.355 e. The van der Waals surface area contributed by atoms with Crippen molar-refractivity contribution in [1.29, 1.82) is 0 Å². The smallest absolute Gasteiger partial charge is 0.159 e. The summed E-state index contributed by atoms with van der Waals surface area (Å²) < 4.78 is 31.5. The molecule has 1 aliphatic carbocycles.